The summed E-state index contributed by atoms with van der Waals surface area (Å²) >= 11 is 0. The molecule has 3 rings (SSSR count). The number of nitrogens with one attached hydrogen (secondary N) is 1. The van der Waals surface area contributed by atoms with Gasteiger partial charge in [0.15, 0.2) is 23.0 Å². The summed E-state index contributed by atoms with van der Waals surface area (Å²) in [6.45, 7) is 7.29. The van der Waals surface area contributed by atoms with Crippen molar-refractivity contribution in [3.05, 3.63) is 83.2 Å². The predicted molar refractivity (Wildman–Crippen MR) is 132 cm³/mol. The molecule has 35 heavy (non-hydrogen) atoms. The van der Waals surface area contributed by atoms with Crippen molar-refractivity contribution in [1.29, 1.82) is 0 Å². The van der Waals surface area contributed by atoms with E-state index in [0.29, 0.717) is 53.9 Å². The lowest BCUT2D eigenvalue weighted by molar-refractivity contribution is 0.0954. The molecule has 0 aliphatic carbocycles. The number of ether oxygens (including phenoxy) is 4. The molecular weight excluding hydrogens is 451 g/mol. The number of benzene rings is 3. The summed E-state index contributed by atoms with van der Waals surface area (Å²) in [6.07, 6.45) is 1.52. The Kier molecular flexibility index (Phi) is 9.48. The molecule has 184 valence electrons. The highest BCUT2D eigenvalue weighted by molar-refractivity contribution is 5.95. The lowest BCUT2D eigenvalue weighted by atomic mass is 10.2. The average Bonchev–Trinajstić information content (AvgIpc) is 2.86. The van der Waals surface area contributed by atoms with Gasteiger partial charge in [-0.3, -0.25) is 4.79 Å². The van der Waals surface area contributed by atoms with Gasteiger partial charge in [-0.25, -0.2) is 9.82 Å². The Morgan fingerprint density at radius 3 is 2.09 bits per heavy atom. The van der Waals surface area contributed by atoms with Gasteiger partial charge in [-0.1, -0.05) is 12.1 Å². The Balaban J connectivity index is 1.65. The molecule has 0 fully saturated rings. The van der Waals surface area contributed by atoms with Crippen molar-refractivity contribution >= 4 is 12.1 Å². The second-order valence-electron chi connectivity index (χ2n) is 7.28. The molecule has 0 saturated carbocycles. The quantitative estimate of drug-likeness (QED) is 0.279. The molecule has 0 heterocycles. The van der Waals surface area contributed by atoms with Crippen molar-refractivity contribution in [2.45, 2.75) is 27.4 Å². The molecule has 0 aliphatic heterocycles. The number of hydrazone groups is 1. The largest absolute Gasteiger partial charge is 0.490 e. The highest BCUT2D eigenvalue weighted by Crippen LogP contribution is 2.30. The van der Waals surface area contributed by atoms with E-state index in [1.54, 1.807) is 48.5 Å². The van der Waals surface area contributed by atoms with Crippen LogP contribution in [0.1, 0.15) is 42.3 Å². The van der Waals surface area contributed by atoms with Crippen LogP contribution < -0.4 is 24.4 Å². The van der Waals surface area contributed by atoms with Crippen molar-refractivity contribution in [2.75, 3.05) is 19.8 Å². The van der Waals surface area contributed by atoms with Crippen molar-refractivity contribution < 1.29 is 28.1 Å². The molecule has 0 radical (unpaired) electrons. The zero-order valence-electron chi connectivity index (χ0n) is 20.0. The van der Waals surface area contributed by atoms with Crippen LogP contribution in [0, 0.1) is 5.82 Å². The summed E-state index contributed by atoms with van der Waals surface area (Å²) in [4.78, 5) is 12.5. The van der Waals surface area contributed by atoms with Crippen LogP contribution in [0.2, 0.25) is 0 Å². The van der Waals surface area contributed by atoms with E-state index in [1.807, 2.05) is 20.8 Å². The Morgan fingerprint density at radius 1 is 0.800 bits per heavy atom. The minimum Gasteiger partial charge on any atom is -0.490 e. The third-order valence-electron chi connectivity index (χ3n) is 4.76. The summed E-state index contributed by atoms with van der Waals surface area (Å²) in [5.41, 5.74) is 4.46. The van der Waals surface area contributed by atoms with E-state index in [-0.39, 0.29) is 18.3 Å². The van der Waals surface area contributed by atoms with E-state index >= 15 is 0 Å². The molecule has 8 heteroatoms. The summed E-state index contributed by atoms with van der Waals surface area (Å²) in [6, 6.07) is 16.4. The number of hydrogen-bond acceptors (Lipinski definition) is 6. The molecule has 1 amide bonds. The third kappa shape index (κ3) is 7.46. The zero-order valence-corrected chi connectivity index (χ0v) is 20.0. The summed E-state index contributed by atoms with van der Waals surface area (Å²) in [7, 11) is 0. The fourth-order valence-corrected chi connectivity index (χ4v) is 3.16. The number of rotatable bonds is 12. The van der Waals surface area contributed by atoms with E-state index < -0.39 is 0 Å². The lowest BCUT2D eigenvalue weighted by Gasteiger charge is -2.13. The molecule has 0 unspecified atom stereocenters. The van der Waals surface area contributed by atoms with Crippen molar-refractivity contribution in [2.24, 2.45) is 5.10 Å². The minimum atomic E-state index is -0.380. The molecule has 0 spiro atoms. The van der Waals surface area contributed by atoms with Gasteiger partial charge in [0.1, 0.15) is 12.4 Å². The molecule has 0 aromatic heterocycles. The molecule has 0 bridgehead atoms. The first-order valence-electron chi connectivity index (χ1n) is 11.4. The minimum absolute atomic E-state index is 0.273. The molecule has 0 atom stereocenters. The zero-order chi connectivity index (χ0) is 25.0. The number of halogens is 1. The standard InChI is InChI=1S/C27H29FN2O5/c1-4-32-23-14-10-21(16-26(23)34-6-3)27(31)30-29-17-20-9-13-24(25(15-20)33-5-2)35-18-19-7-11-22(28)12-8-19/h7-17H,4-6,18H2,1-3H3,(H,30,31)/b29-17+. The molecule has 7 nitrogen and oxygen atoms in total. The maximum Gasteiger partial charge on any atom is 0.271 e. The van der Waals surface area contributed by atoms with E-state index in [0.717, 1.165) is 5.56 Å². The third-order valence-corrected chi connectivity index (χ3v) is 4.76. The van der Waals surface area contributed by atoms with Gasteiger partial charge in [0, 0.05) is 5.56 Å². The van der Waals surface area contributed by atoms with E-state index in [2.05, 4.69) is 10.5 Å². The second kappa shape index (κ2) is 13.0. The van der Waals surface area contributed by atoms with Gasteiger partial charge >= 0.3 is 0 Å². The van der Waals surface area contributed by atoms with Crippen LogP contribution in [-0.2, 0) is 6.61 Å². The van der Waals surface area contributed by atoms with Crippen LogP contribution in [0.25, 0.3) is 0 Å². The maximum absolute atomic E-state index is 13.1. The van der Waals surface area contributed by atoms with Gasteiger partial charge in [-0.2, -0.15) is 5.10 Å². The lowest BCUT2D eigenvalue weighted by Crippen LogP contribution is -2.17. The molecule has 0 saturated heterocycles. The van der Waals surface area contributed by atoms with Gasteiger partial charge in [0.25, 0.3) is 5.91 Å². The number of amides is 1. The Bertz CT molecular complexity index is 1150. The number of carbonyl (C=O) groups is 1. The smallest absolute Gasteiger partial charge is 0.271 e. The molecule has 3 aromatic rings. The first kappa shape index (κ1) is 25.6. The van der Waals surface area contributed by atoms with Crippen LogP contribution in [0.3, 0.4) is 0 Å². The highest BCUT2D eigenvalue weighted by atomic mass is 19.1. The molecule has 3 aromatic carbocycles. The summed E-state index contributed by atoms with van der Waals surface area (Å²) in [5.74, 6) is 1.50. The fourth-order valence-electron chi connectivity index (χ4n) is 3.16. The van der Waals surface area contributed by atoms with Gasteiger partial charge in [-0.15, -0.1) is 0 Å². The molecular formula is C27H29FN2O5. The Hall–Kier alpha value is -4.07. The summed E-state index contributed by atoms with van der Waals surface area (Å²) in [5, 5.41) is 4.06. The van der Waals surface area contributed by atoms with Gasteiger partial charge in [-0.05, 0) is 80.4 Å². The Morgan fingerprint density at radius 2 is 1.40 bits per heavy atom. The topological polar surface area (TPSA) is 78.4 Å². The van der Waals surface area contributed by atoms with Crippen LogP contribution in [0.5, 0.6) is 23.0 Å². The maximum atomic E-state index is 13.1. The van der Waals surface area contributed by atoms with E-state index in [4.69, 9.17) is 18.9 Å². The van der Waals surface area contributed by atoms with Crippen LogP contribution in [0.15, 0.2) is 65.8 Å². The second-order valence-corrected chi connectivity index (χ2v) is 7.28. The first-order chi connectivity index (χ1) is 17.0. The molecule has 1 N–H and O–H groups in total. The van der Waals surface area contributed by atoms with Crippen molar-refractivity contribution in [3.63, 3.8) is 0 Å². The monoisotopic (exact) mass is 480 g/mol. The van der Waals surface area contributed by atoms with Gasteiger partial charge in [0.2, 0.25) is 0 Å². The van der Waals surface area contributed by atoms with Gasteiger partial charge in [0.05, 0.1) is 26.0 Å². The first-order valence-corrected chi connectivity index (χ1v) is 11.4. The van der Waals surface area contributed by atoms with Crippen LogP contribution >= 0.6 is 0 Å². The molecule has 0 aliphatic rings. The SMILES string of the molecule is CCOc1ccc(C(=O)N/N=C/c2ccc(OCc3ccc(F)cc3)c(OCC)c2)cc1OCC. The van der Waals surface area contributed by atoms with Crippen LogP contribution in [-0.4, -0.2) is 31.9 Å². The highest BCUT2D eigenvalue weighted by Gasteiger charge is 2.11. The summed E-state index contributed by atoms with van der Waals surface area (Å²) < 4.78 is 35.7. The fraction of sp³-hybridized carbons (Fsp3) is 0.259. The van der Waals surface area contributed by atoms with E-state index in [9.17, 15) is 9.18 Å². The predicted octanol–water partition coefficient (Wildman–Crippen LogP) is 5.36. The van der Waals surface area contributed by atoms with Crippen molar-refractivity contribution in [1.82, 2.24) is 5.43 Å². The number of nitrogens with zero attached hydrogens (tertiary/aromatic N) is 1. The number of hydrogen-bond donors (Lipinski definition) is 1. The van der Waals surface area contributed by atoms with E-state index in [1.165, 1.54) is 18.3 Å². The average molecular weight is 481 g/mol. The number of carbonyl (C=O) groups excluding carboxylic acids is 1. The van der Waals surface area contributed by atoms with Crippen LogP contribution in [0.4, 0.5) is 4.39 Å². The normalized spacial score (nSPS) is 10.7. The Labute approximate surface area is 204 Å². The van der Waals surface area contributed by atoms with Crippen molar-refractivity contribution in [3.8, 4) is 23.0 Å². The van der Waals surface area contributed by atoms with Gasteiger partial charge < -0.3 is 18.9 Å².